The van der Waals surface area contributed by atoms with Crippen molar-refractivity contribution in [3.8, 4) is 0 Å². The normalized spacial score (nSPS) is 24.0. The molecule has 1 saturated carbocycles. The molecule has 0 spiro atoms. The molecule has 2 amide bonds. The highest BCUT2D eigenvalue weighted by molar-refractivity contribution is 5.99. The van der Waals surface area contributed by atoms with Crippen LogP contribution < -0.4 is 5.32 Å². The number of benzene rings is 1. The van der Waals surface area contributed by atoms with E-state index in [0.717, 1.165) is 44.3 Å². The molecule has 1 aliphatic heterocycles. The van der Waals surface area contributed by atoms with Crippen LogP contribution in [-0.2, 0) is 4.79 Å². The first-order valence-electron chi connectivity index (χ1n) is 9.99. The van der Waals surface area contributed by atoms with Gasteiger partial charge in [0.1, 0.15) is 11.5 Å². The molecule has 2 N–H and O–H groups in total. The highest BCUT2D eigenvalue weighted by Gasteiger charge is 2.32. The quantitative estimate of drug-likeness (QED) is 0.851. The number of nitrogens with zero attached hydrogens (tertiary/aromatic N) is 2. The first kappa shape index (κ1) is 18.9. The lowest BCUT2D eigenvalue weighted by molar-refractivity contribution is -0.138. The van der Waals surface area contributed by atoms with Crippen molar-refractivity contribution in [1.29, 1.82) is 0 Å². The van der Waals surface area contributed by atoms with E-state index in [9.17, 15) is 14.0 Å². The number of piperazine rings is 1. The van der Waals surface area contributed by atoms with E-state index < -0.39 is 0 Å². The zero-order valence-corrected chi connectivity index (χ0v) is 16.4. The van der Waals surface area contributed by atoms with Crippen LogP contribution in [0.15, 0.2) is 18.2 Å². The molecule has 4 rings (SSSR count). The summed E-state index contributed by atoms with van der Waals surface area (Å²) in [6.45, 7) is 3.99. The molecule has 1 aliphatic carbocycles. The Hall–Kier alpha value is -2.41. The van der Waals surface area contributed by atoms with E-state index in [0.29, 0.717) is 23.1 Å². The summed E-state index contributed by atoms with van der Waals surface area (Å²) in [6.07, 6.45) is 3.64. The summed E-state index contributed by atoms with van der Waals surface area (Å²) in [7, 11) is 1.96. The number of nitrogens with one attached hydrogen (secondary N) is 2. The fourth-order valence-electron chi connectivity index (χ4n) is 4.48. The van der Waals surface area contributed by atoms with Crippen molar-refractivity contribution in [2.24, 2.45) is 0 Å². The number of halogens is 1. The number of amides is 2. The third-order valence-corrected chi connectivity index (χ3v) is 6.06. The Morgan fingerprint density at radius 3 is 2.86 bits per heavy atom. The summed E-state index contributed by atoms with van der Waals surface area (Å²) >= 11 is 0. The Bertz CT molecular complexity index is 870. The monoisotopic (exact) mass is 386 g/mol. The van der Waals surface area contributed by atoms with Gasteiger partial charge < -0.3 is 15.2 Å². The molecule has 2 aliphatic rings. The standard InChI is InChI=1S/C21H27FN4O2/c1-13-6-7-17(22)16-11-18(24-20(13)16)21(28)23-14-4-3-5-15(10-14)26-9-8-25(2)12-19(26)27/h6-7,11,14-15,24H,3-5,8-10,12H2,1-2H3,(H,23,28)/t14-,15+/m1/s1. The number of carbonyl (C=O) groups is 2. The Labute approximate surface area is 164 Å². The first-order chi connectivity index (χ1) is 13.4. The number of aromatic nitrogens is 1. The van der Waals surface area contributed by atoms with Gasteiger partial charge in [-0.05, 0) is 57.4 Å². The van der Waals surface area contributed by atoms with E-state index in [4.69, 9.17) is 0 Å². The van der Waals surface area contributed by atoms with Crippen LogP contribution in [0.1, 0.15) is 41.7 Å². The maximum atomic E-state index is 14.0. The second kappa shape index (κ2) is 7.54. The molecule has 2 fully saturated rings. The third kappa shape index (κ3) is 3.63. The number of likely N-dealkylation sites (N-methyl/N-ethyl adjacent to an activating group) is 1. The van der Waals surface area contributed by atoms with E-state index in [1.165, 1.54) is 6.07 Å². The van der Waals surface area contributed by atoms with Gasteiger partial charge in [0, 0.05) is 30.6 Å². The van der Waals surface area contributed by atoms with Crippen LogP contribution in [-0.4, -0.2) is 65.4 Å². The van der Waals surface area contributed by atoms with Crippen LogP contribution in [0.25, 0.3) is 10.9 Å². The van der Waals surface area contributed by atoms with Gasteiger partial charge in [0.2, 0.25) is 5.91 Å². The van der Waals surface area contributed by atoms with Gasteiger partial charge in [-0.2, -0.15) is 0 Å². The van der Waals surface area contributed by atoms with Crippen molar-refractivity contribution in [3.05, 3.63) is 35.3 Å². The summed E-state index contributed by atoms with van der Waals surface area (Å²) in [5, 5.41) is 3.53. The van der Waals surface area contributed by atoms with E-state index in [2.05, 4.69) is 10.3 Å². The van der Waals surface area contributed by atoms with Crippen LogP contribution >= 0.6 is 0 Å². The molecule has 28 heavy (non-hydrogen) atoms. The first-order valence-corrected chi connectivity index (χ1v) is 9.99. The summed E-state index contributed by atoms with van der Waals surface area (Å²) in [6, 6.07) is 4.91. The van der Waals surface area contributed by atoms with E-state index in [-0.39, 0.29) is 29.7 Å². The predicted molar refractivity (Wildman–Crippen MR) is 106 cm³/mol. The predicted octanol–water partition coefficient (Wildman–Crippen LogP) is 2.43. The largest absolute Gasteiger partial charge is 0.350 e. The second-order valence-corrected chi connectivity index (χ2v) is 8.15. The Kier molecular flexibility index (Phi) is 5.10. The zero-order chi connectivity index (χ0) is 19.8. The summed E-state index contributed by atoms with van der Waals surface area (Å²) < 4.78 is 14.0. The number of aryl methyl sites for hydroxylation is 1. The molecule has 2 atom stereocenters. The SMILES string of the molecule is Cc1ccc(F)c2cc(C(=O)N[C@@H]3CCC[C@H](N4CCN(C)CC4=O)C3)[nH]c12. The van der Waals surface area contributed by atoms with Crippen molar-refractivity contribution in [2.75, 3.05) is 26.7 Å². The number of hydrogen-bond donors (Lipinski definition) is 2. The molecule has 2 heterocycles. The smallest absolute Gasteiger partial charge is 0.267 e. The molecule has 0 unspecified atom stereocenters. The maximum Gasteiger partial charge on any atom is 0.267 e. The molecule has 150 valence electrons. The fourth-order valence-corrected chi connectivity index (χ4v) is 4.48. The average Bonchev–Trinajstić information content (AvgIpc) is 3.12. The van der Waals surface area contributed by atoms with Gasteiger partial charge in [0.25, 0.3) is 5.91 Å². The number of aromatic amines is 1. The average molecular weight is 386 g/mol. The molecular formula is C21H27FN4O2. The van der Waals surface area contributed by atoms with Crippen molar-refractivity contribution in [2.45, 2.75) is 44.7 Å². The lowest BCUT2D eigenvalue weighted by atomic mass is 9.89. The van der Waals surface area contributed by atoms with Crippen molar-refractivity contribution < 1.29 is 14.0 Å². The third-order valence-electron chi connectivity index (χ3n) is 6.06. The summed E-state index contributed by atoms with van der Waals surface area (Å²) in [5.41, 5.74) is 1.94. The van der Waals surface area contributed by atoms with E-state index >= 15 is 0 Å². The van der Waals surface area contributed by atoms with Gasteiger partial charge in [0.05, 0.1) is 12.1 Å². The molecule has 1 saturated heterocycles. The Balaban J connectivity index is 1.44. The van der Waals surface area contributed by atoms with Gasteiger partial charge in [-0.15, -0.1) is 0 Å². The highest BCUT2D eigenvalue weighted by Crippen LogP contribution is 2.26. The van der Waals surface area contributed by atoms with Crippen molar-refractivity contribution in [3.63, 3.8) is 0 Å². The maximum absolute atomic E-state index is 14.0. The highest BCUT2D eigenvalue weighted by atomic mass is 19.1. The number of hydrogen-bond acceptors (Lipinski definition) is 3. The van der Waals surface area contributed by atoms with Gasteiger partial charge in [-0.3, -0.25) is 14.5 Å². The van der Waals surface area contributed by atoms with Crippen LogP contribution in [0.4, 0.5) is 4.39 Å². The topological polar surface area (TPSA) is 68.4 Å². The Morgan fingerprint density at radius 1 is 1.29 bits per heavy atom. The minimum Gasteiger partial charge on any atom is -0.350 e. The fraction of sp³-hybridized carbons (Fsp3) is 0.524. The Morgan fingerprint density at radius 2 is 2.11 bits per heavy atom. The van der Waals surface area contributed by atoms with E-state index in [1.54, 1.807) is 12.1 Å². The minimum absolute atomic E-state index is 0.0241. The van der Waals surface area contributed by atoms with Gasteiger partial charge in [0.15, 0.2) is 0 Å². The van der Waals surface area contributed by atoms with Crippen LogP contribution in [0, 0.1) is 12.7 Å². The molecule has 0 radical (unpaired) electrons. The van der Waals surface area contributed by atoms with Gasteiger partial charge in [-0.1, -0.05) is 6.07 Å². The molecule has 2 aromatic rings. The van der Waals surface area contributed by atoms with Gasteiger partial charge in [-0.25, -0.2) is 4.39 Å². The second-order valence-electron chi connectivity index (χ2n) is 8.15. The van der Waals surface area contributed by atoms with E-state index in [1.807, 2.05) is 23.8 Å². The molecular weight excluding hydrogens is 359 g/mol. The molecule has 7 heteroatoms. The van der Waals surface area contributed by atoms with Crippen molar-refractivity contribution in [1.82, 2.24) is 20.1 Å². The molecule has 1 aromatic carbocycles. The number of fused-ring (bicyclic) bond motifs is 1. The number of rotatable bonds is 3. The molecule has 1 aromatic heterocycles. The van der Waals surface area contributed by atoms with Crippen LogP contribution in [0.3, 0.4) is 0 Å². The van der Waals surface area contributed by atoms with Gasteiger partial charge >= 0.3 is 0 Å². The summed E-state index contributed by atoms with van der Waals surface area (Å²) in [5.74, 6) is -0.375. The number of carbonyl (C=O) groups excluding carboxylic acids is 2. The zero-order valence-electron chi connectivity index (χ0n) is 16.4. The molecule has 0 bridgehead atoms. The number of H-pyrrole nitrogens is 1. The summed E-state index contributed by atoms with van der Waals surface area (Å²) in [4.78, 5) is 32.2. The van der Waals surface area contributed by atoms with Crippen LogP contribution in [0.2, 0.25) is 0 Å². The minimum atomic E-state index is -0.331. The lowest BCUT2D eigenvalue weighted by Gasteiger charge is -2.41. The van der Waals surface area contributed by atoms with Crippen LogP contribution in [0.5, 0.6) is 0 Å². The molecule has 6 nitrogen and oxygen atoms in total. The lowest BCUT2D eigenvalue weighted by Crippen LogP contribution is -2.55. The van der Waals surface area contributed by atoms with Crippen molar-refractivity contribution >= 4 is 22.7 Å².